The fourth-order valence-electron chi connectivity index (χ4n) is 6.90. The first-order valence-corrected chi connectivity index (χ1v) is 16.4. The molecule has 5 N–H and O–H groups in total. The molecule has 0 aliphatic heterocycles. The minimum Gasteiger partial charge on any atom is -0.493 e. The highest BCUT2D eigenvalue weighted by Crippen LogP contribution is 2.46. The van der Waals surface area contributed by atoms with Crippen LogP contribution in [0, 0.1) is 23.7 Å². The Labute approximate surface area is 259 Å². The molecule has 2 bridgehead atoms. The SMILES string of the molecule is CC[C@H](C[C@H](O)[C@@H](N)C[C@H](Oc1ccc(OC)c(OCCCOC)c1)C(C)C)C(=O)NC(C)C1CC2CCCC(O)(C2)C1. The van der Waals surface area contributed by atoms with E-state index in [4.69, 9.17) is 24.7 Å². The van der Waals surface area contributed by atoms with E-state index >= 15 is 0 Å². The van der Waals surface area contributed by atoms with Crippen LogP contribution in [0.25, 0.3) is 0 Å². The lowest BCUT2D eigenvalue weighted by molar-refractivity contribution is -0.128. The lowest BCUT2D eigenvalue weighted by atomic mass is 9.64. The van der Waals surface area contributed by atoms with Crippen LogP contribution in [0.3, 0.4) is 0 Å². The first-order chi connectivity index (χ1) is 20.5. The Hall–Kier alpha value is -2.07. The van der Waals surface area contributed by atoms with Gasteiger partial charge in [0.05, 0.1) is 25.4 Å². The third-order valence-corrected chi connectivity index (χ3v) is 9.58. The molecule has 0 saturated heterocycles. The molecule has 1 amide bonds. The molecule has 2 saturated carbocycles. The molecular formula is C34H58N2O7. The number of fused-ring (bicyclic) bond motifs is 2. The predicted molar refractivity (Wildman–Crippen MR) is 168 cm³/mol. The Morgan fingerprint density at radius 3 is 2.56 bits per heavy atom. The van der Waals surface area contributed by atoms with Crippen LogP contribution in [0.15, 0.2) is 18.2 Å². The fraction of sp³-hybridized carbons (Fsp3) is 0.794. The van der Waals surface area contributed by atoms with Crippen LogP contribution in [-0.2, 0) is 9.53 Å². The van der Waals surface area contributed by atoms with E-state index in [1.807, 2.05) is 25.1 Å². The molecule has 1 aromatic rings. The van der Waals surface area contributed by atoms with Crippen molar-refractivity contribution in [1.82, 2.24) is 5.32 Å². The first-order valence-electron chi connectivity index (χ1n) is 16.4. The van der Waals surface area contributed by atoms with E-state index in [-0.39, 0.29) is 35.8 Å². The molecule has 43 heavy (non-hydrogen) atoms. The Kier molecular flexibility index (Phi) is 13.9. The van der Waals surface area contributed by atoms with Gasteiger partial charge in [-0.3, -0.25) is 4.79 Å². The van der Waals surface area contributed by atoms with Gasteiger partial charge in [-0.25, -0.2) is 0 Å². The molecule has 0 aromatic heterocycles. The van der Waals surface area contributed by atoms with Crippen molar-refractivity contribution in [3.8, 4) is 17.2 Å². The number of ether oxygens (including phenoxy) is 4. The van der Waals surface area contributed by atoms with Gasteiger partial charge in [-0.05, 0) is 75.3 Å². The zero-order chi connectivity index (χ0) is 31.6. The number of carbonyl (C=O) groups excluding carboxylic acids is 1. The van der Waals surface area contributed by atoms with Gasteiger partial charge in [0, 0.05) is 50.6 Å². The van der Waals surface area contributed by atoms with Crippen molar-refractivity contribution in [2.45, 2.75) is 122 Å². The molecule has 0 radical (unpaired) electrons. The van der Waals surface area contributed by atoms with Gasteiger partial charge < -0.3 is 40.2 Å². The third-order valence-electron chi connectivity index (χ3n) is 9.58. The van der Waals surface area contributed by atoms with Gasteiger partial charge in [0.25, 0.3) is 0 Å². The largest absolute Gasteiger partial charge is 0.493 e. The molecule has 246 valence electrons. The summed E-state index contributed by atoms with van der Waals surface area (Å²) in [6, 6.07) is 4.91. The standard InChI is InChI=1S/C34H58N2O7/c1-7-25(33(38)36-23(4)26-16-24-10-8-13-34(39,20-24)21-26)17-29(37)28(35)19-31(22(2)3)43-27-11-12-30(41-6)32(18-27)42-15-9-14-40-5/h11-12,18,22-26,28-29,31,37,39H,7-10,13-17,19-21,35H2,1-6H3,(H,36,38)/t23?,24?,25-,26?,28+,29+,31+,34?/m1/s1. The van der Waals surface area contributed by atoms with E-state index in [1.54, 1.807) is 14.2 Å². The van der Waals surface area contributed by atoms with Crippen LogP contribution < -0.4 is 25.3 Å². The lowest BCUT2D eigenvalue weighted by Crippen LogP contribution is -2.50. The molecule has 1 aromatic carbocycles. The summed E-state index contributed by atoms with van der Waals surface area (Å²) in [5, 5.41) is 25.3. The molecular weight excluding hydrogens is 548 g/mol. The Balaban J connectivity index is 1.55. The van der Waals surface area contributed by atoms with Crippen molar-refractivity contribution in [2.24, 2.45) is 29.4 Å². The number of aliphatic hydroxyl groups excluding tert-OH is 1. The molecule has 2 aliphatic carbocycles. The number of nitrogens with one attached hydrogen (secondary N) is 1. The number of hydrogen-bond donors (Lipinski definition) is 4. The van der Waals surface area contributed by atoms with Crippen molar-refractivity contribution >= 4 is 5.91 Å². The van der Waals surface area contributed by atoms with Crippen LogP contribution in [0.2, 0.25) is 0 Å². The van der Waals surface area contributed by atoms with Gasteiger partial charge in [0.1, 0.15) is 11.9 Å². The van der Waals surface area contributed by atoms with E-state index in [0.717, 1.165) is 38.5 Å². The van der Waals surface area contributed by atoms with Gasteiger partial charge in [-0.2, -0.15) is 0 Å². The predicted octanol–water partition coefficient (Wildman–Crippen LogP) is 4.84. The number of nitrogens with two attached hydrogens (primary N) is 1. The second-order valence-electron chi connectivity index (χ2n) is 13.4. The second-order valence-corrected chi connectivity index (χ2v) is 13.4. The van der Waals surface area contributed by atoms with E-state index in [2.05, 4.69) is 26.1 Å². The average molecular weight is 607 g/mol. The molecule has 9 nitrogen and oxygen atoms in total. The molecule has 2 aliphatic rings. The highest BCUT2D eigenvalue weighted by atomic mass is 16.5. The number of methoxy groups -OCH3 is 2. The zero-order valence-electron chi connectivity index (χ0n) is 27.3. The van der Waals surface area contributed by atoms with Crippen molar-refractivity contribution in [1.29, 1.82) is 0 Å². The maximum Gasteiger partial charge on any atom is 0.223 e. The number of benzene rings is 1. The summed E-state index contributed by atoms with van der Waals surface area (Å²) in [6.07, 6.45) is 6.84. The third kappa shape index (κ3) is 10.5. The van der Waals surface area contributed by atoms with Crippen molar-refractivity contribution in [2.75, 3.05) is 27.4 Å². The van der Waals surface area contributed by atoms with Crippen molar-refractivity contribution in [3.05, 3.63) is 18.2 Å². The van der Waals surface area contributed by atoms with E-state index in [9.17, 15) is 15.0 Å². The maximum atomic E-state index is 13.3. The van der Waals surface area contributed by atoms with Crippen molar-refractivity contribution < 1.29 is 34.0 Å². The summed E-state index contributed by atoms with van der Waals surface area (Å²) in [5.41, 5.74) is 5.95. The van der Waals surface area contributed by atoms with Crippen LogP contribution in [0.4, 0.5) is 0 Å². The fourth-order valence-corrected chi connectivity index (χ4v) is 6.90. The normalized spacial score (nSPS) is 25.3. The number of aliphatic hydroxyl groups is 2. The molecule has 4 unspecified atom stereocenters. The summed E-state index contributed by atoms with van der Waals surface area (Å²) in [5.74, 6) is 2.44. The first kappa shape index (κ1) is 35.4. The van der Waals surface area contributed by atoms with Crippen LogP contribution in [0.5, 0.6) is 17.2 Å². The molecule has 0 spiro atoms. The van der Waals surface area contributed by atoms with E-state index < -0.39 is 17.7 Å². The Bertz CT molecular complexity index is 991. The van der Waals surface area contributed by atoms with Crippen LogP contribution >= 0.6 is 0 Å². The molecule has 9 heteroatoms. The summed E-state index contributed by atoms with van der Waals surface area (Å²) in [6.45, 7) is 9.26. The summed E-state index contributed by atoms with van der Waals surface area (Å²) < 4.78 is 22.8. The lowest BCUT2D eigenvalue weighted by Gasteiger charge is -2.47. The monoisotopic (exact) mass is 606 g/mol. The highest BCUT2D eigenvalue weighted by molar-refractivity contribution is 5.79. The summed E-state index contributed by atoms with van der Waals surface area (Å²) >= 11 is 0. The van der Waals surface area contributed by atoms with Gasteiger partial charge in [-0.15, -0.1) is 0 Å². The number of amides is 1. The minimum atomic E-state index is -0.846. The molecule has 3 rings (SSSR count). The van der Waals surface area contributed by atoms with Crippen LogP contribution in [-0.4, -0.2) is 73.4 Å². The molecule has 8 atom stereocenters. The van der Waals surface area contributed by atoms with Crippen molar-refractivity contribution in [3.63, 3.8) is 0 Å². The minimum absolute atomic E-state index is 0.0168. The van der Waals surface area contributed by atoms with Gasteiger partial charge in [0.2, 0.25) is 5.91 Å². The van der Waals surface area contributed by atoms with Gasteiger partial charge in [-0.1, -0.05) is 33.6 Å². The quantitative estimate of drug-likeness (QED) is 0.175. The number of hydrogen-bond acceptors (Lipinski definition) is 8. The molecule has 2 fully saturated rings. The maximum absolute atomic E-state index is 13.3. The number of carbonyl (C=O) groups is 1. The summed E-state index contributed by atoms with van der Waals surface area (Å²) in [4.78, 5) is 13.3. The Morgan fingerprint density at radius 2 is 1.91 bits per heavy atom. The van der Waals surface area contributed by atoms with Gasteiger partial charge in [0.15, 0.2) is 11.5 Å². The highest BCUT2D eigenvalue weighted by Gasteiger charge is 2.43. The Morgan fingerprint density at radius 1 is 1.14 bits per heavy atom. The van der Waals surface area contributed by atoms with E-state index in [1.165, 1.54) is 6.42 Å². The molecule has 0 heterocycles. The van der Waals surface area contributed by atoms with Gasteiger partial charge >= 0.3 is 0 Å². The number of rotatable bonds is 18. The van der Waals surface area contributed by atoms with E-state index in [0.29, 0.717) is 55.6 Å². The topological polar surface area (TPSA) is 132 Å². The average Bonchev–Trinajstić information content (AvgIpc) is 2.96. The smallest absolute Gasteiger partial charge is 0.223 e. The second kappa shape index (κ2) is 16.8. The summed E-state index contributed by atoms with van der Waals surface area (Å²) in [7, 11) is 3.26. The zero-order valence-corrected chi connectivity index (χ0v) is 27.3. The van der Waals surface area contributed by atoms with Crippen LogP contribution in [0.1, 0.15) is 91.9 Å².